The molecule has 0 aromatic heterocycles. The van der Waals surface area contributed by atoms with Crippen molar-refractivity contribution in [2.75, 3.05) is 13.6 Å². The van der Waals surface area contributed by atoms with Gasteiger partial charge in [-0.25, -0.2) is 0 Å². The molecule has 1 heterocycles. The summed E-state index contributed by atoms with van der Waals surface area (Å²) in [6.07, 6.45) is 8.52. The molecule has 11 heavy (non-hydrogen) atoms. The van der Waals surface area contributed by atoms with Crippen LogP contribution < -0.4 is 0 Å². The molecule has 0 saturated carbocycles. The standard InChI is InChI=1S/C10H21N/c1-3-10-8-6-4-5-7-9-11(10)2/h10H,3-9H2,1-2H3. The fraction of sp³-hybridized carbons (Fsp3) is 1.00. The van der Waals surface area contributed by atoms with Crippen molar-refractivity contribution in [1.29, 1.82) is 0 Å². The SMILES string of the molecule is CCC1CCCCCCN1C. The number of hydrogen-bond donors (Lipinski definition) is 0. The summed E-state index contributed by atoms with van der Waals surface area (Å²) in [7, 11) is 2.28. The molecule has 1 saturated heterocycles. The maximum absolute atomic E-state index is 2.54. The van der Waals surface area contributed by atoms with Crippen molar-refractivity contribution in [3.05, 3.63) is 0 Å². The average Bonchev–Trinajstić information content (AvgIpc) is 1.98. The molecule has 1 aliphatic heterocycles. The van der Waals surface area contributed by atoms with Crippen LogP contribution in [0.5, 0.6) is 0 Å². The summed E-state index contributed by atoms with van der Waals surface area (Å²) in [5.41, 5.74) is 0. The van der Waals surface area contributed by atoms with Gasteiger partial charge in [0.15, 0.2) is 0 Å². The minimum atomic E-state index is 0.871. The normalized spacial score (nSPS) is 29.5. The van der Waals surface area contributed by atoms with Crippen LogP contribution in [0.15, 0.2) is 0 Å². The van der Waals surface area contributed by atoms with E-state index in [0.717, 1.165) is 6.04 Å². The van der Waals surface area contributed by atoms with Crippen LogP contribution in [-0.2, 0) is 0 Å². The van der Waals surface area contributed by atoms with Crippen LogP contribution in [0.25, 0.3) is 0 Å². The molecule has 1 atom stereocenters. The van der Waals surface area contributed by atoms with Crippen LogP contribution >= 0.6 is 0 Å². The van der Waals surface area contributed by atoms with E-state index in [4.69, 9.17) is 0 Å². The predicted octanol–water partition coefficient (Wildman–Crippen LogP) is 2.66. The van der Waals surface area contributed by atoms with Crippen LogP contribution in [0.1, 0.15) is 45.4 Å². The van der Waals surface area contributed by atoms with E-state index in [0.29, 0.717) is 0 Å². The van der Waals surface area contributed by atoms with E-state index in [-0.39, 0.29) is 0 Å². The maximum Gasteiger partial charge on any atom is 0.00895 e. The van der Waals surface area contributed by atoms with Gasteiger partial charge in [-0.1, -0.05) is 26.2 Å². The zero-order valence-electron chi connectivity index (χ0n) is 7.97. The molecule has 1 heteroatoms. The monoisotopic (exact) mass is 155 g/mol. The molecule has 1 aliphatic rings. The lowest BCUT2D eigenvalue weighted by atomic mass is 10.0. The third-order valence-electron chi connectivity index (χ3n) is 2.89. The van der Waals surface area contributed by atoms with Gasteiger partial charge in [0.05, 0.1) is 0 Å². The van der Waals surface area contributed by atoms with Gasteiger partial charge in [-0.2, -0.15) is 0 Å². The largest absolute Gasteiger partial charge is 0.303 e. The summed E-state index contributed by atoms with van der Waals surface area (Å²) in [5, 5.41) is 0. The van der Waals surface area contributed by atoms with E-state index in [1.807, 2.05) is 0 Å². The molecule has 0 amide bonds. The van der Waals surface area contributed by atoms with Crippen LogP contribution in [-0.4, -0.2) is 24.5 Å². The van der Waals surface area contributed by atoms with Crippen molar-refractivity contribution in [3.8, 4) is 0 Å². The predicted molar refractivity (Wildman–Crippen MR) is 49.8 cm³/mol. The Morgan fingerprint density at radius 2 is 1.91 bits per heavy atom. The van der Waals surface area contributed by atoms with Crippen molar-refractivity contribution >= 4 is 0 Å². The Labute approximate surface area is 70.8 Å². The van der Waals surface area contributed by atoms with Crippen molar-refractivity contribution in [1.82, 2.24) is 4.90 Å². The minimum absolute atomic E-state index is 0.871. The second kappa shape index (κ2) is 4.76. The summed E-state index contributed by atoms with van der Waals surface area (Å²) in [6.45, 7) is 3.63. The van der Waals surface area contributed by atoms with Gasteiger partial charge >= 0.3 is 0 Å². The summed E-state index contributed by atoms with van der Waals surface area (Å²) < 4.78 is 0. The summed E-state index contributed by atoms with van der Waals surface area (Å²) in [5.74, 6) is 0. The highest BCUT2D eigenvalue weighted by atomic mass is 15.1. The summed E-state index contributed by atoms with van der Waals surface area (Å²) in [6, 6.07) is 0.871. The third-order valence-corrected chi connectivity index (χ3v) is 2.89. The number of likely N-dealkylation sites (tertiary alicyclic amines) is 1. The maximum atomic E-state index is 2.54. The molecular formula is C10H21N. The zero-order chi connectivity index (χ0) is 8.10. The molecule has 0 bridgehead atoms. The van der Waals surface area contributed by atoms with Gasteiger partial charge in [0.1, 0.15) is 0 Å². The quantitative estimate of drug-likeness (QED) is 0.562. The molecule has 0 spiro atoms. The van der Waals surface area contributed by atoms with E-state index in [9.17, 15) is 0 Å². The molecule has 66 valence electrons. The van der Waals surface area contributed by atoms with E-state index in [2.05, 4.69) is 18.9 Å². The minimum Gasteiger partial charge on any atom is -0.303 e. The molecule has 0 N–H and O–H groups in total. The van der Waals surface area contributed by atoms with Crippen molar-refractivity contribution < 1.29 is 0 Å². The topological polar surface area (TPSA) is 3.24 Å². The fourth-order valence-electron chi connectivity index (χ4n) is 2.01. The number of nitrogens with zero attached hydrogens (tertiary/aromatic N) is 1. The highest BCUT2D eigenvalue weighted by Crippen LogP contribution is 2.16. The van der Waals surface area contributed by atoms with Gasteiger partial charge in [0, 0.05) is 6.04 Å². The highest BCUT2D eigenvalue weighted by Gasteiger charge is 2.13. The lowest BCUT2D eigenvalue weighted by Crippen LogP contribution is -2.32. The van der Waals surface area contributed by atoms with Crippen LogP contribution in [0.2, 0.25) is 0 Å². The first kappa shape index (κ1) is 9.05. The third kappa shape index (κ3) is 2.82. The Hall–Kier alpha value is -0.0400. The molecule has 0 aromatic rings. The first-order valence-corrected chi connectivity index (χ1v) is 5.05. The molecule has 0 aliphatic carbocycles. The highest BCUT2D eigenvalue weighted by molar-refractivity contribution is 4.69. The molecule has 0 radical (unpaired) electrons. The van der Waals surface area contributed by atoms with Crippen LogP contribution in [0, 0.1) is 0 Å². The van der Waals surface area contributed by atoms with Gasteiger partial charge in [-0.15, -0.1) is 0 Å². The first-order valence-electron chi connectivity index (χ1n) is 5.05. The zero-order valence-corrected chi connectivity index (χ0v) is 7.97. The Kier molecular flexibility index (Phi) is 3.92. The Balaban J connectivity index is 2.33. The van der Waals surface area contributed by atoms with Crippen molar-refractivity contribution in [2.45, 2.75) is 51.5 Å². The summed E-state index contributed by atoms with van der Waals surface area (Å²) in [4.78, 5) is 2.54. The Morgan fingerprint density at radius 3 is 2.64 bits per heavy atom. The van der Waals surface area contributed by atoms with E-state index in [1.54, 1.807) is 0 Å². The van der Waals surface area contributed by atoms with E-state index < -0.39 is 0 Å². The molecular weight excluding hydrogens is 134 g/mol. The van der Waals surface area contributed by atoms with Crippen LogP contribution in [0.3, 0.4) is 0 Å². The van der Waals surface area contributed by atoms with Crippen LogP contribution in [0.4, 0.5) is 0 Å². The molecule has 1 fully saturated rings. The lowest BCUT2D eigenvalue weighted by molar-refractivity contribution is 0.202. The van der Waals surface area contributed by atoms with Crippen molar-refractivity contribution in [2.24, 2.45) is 0 Å². The fourth-order valence-corrected chi connectivity index (χ4v) is 2.01. The second-order valence-corrected chi connectivity index (χ2v) is 3.75. The van der Waals surface area contributed by atoms with Gasteiger partial charge in [0.2, 0.25) is 0 Å². The average molecular weight is 155 g/mol. The van der Waals surface area contributed by atoms with Gasteiger partial charge in [-0.3, -0.25) is 0 Å². The summed E-state index contributed by atoms with van der Waals surface area (Å²) >= 11 is 0. The Morgan fingerprint density at radius 1 is 1.18 bits per heavy atom. The number of rotatable bonds is 1. The lowest BCUT2D eigenvalue weighted by Gasteiger charge is -2.29. The molecule has 1 unspecified atom stereocenters. The van der Waals surface area contributed by atoms with Gasteiger partial charge in [-0.05, 0) is 32.9 Å². The first-order chi connectivity index (χ1) is 5.34. The van der Waals surface area contributed by atoms with E-state index in [1.165, 1.54) is 45.1 Å². The second-order valence-electron chi connectivity index (χ2n) is 3.75. The number of hydrogen-bond acceptors (Lipinski definition) is 1. The van der Waals surface area contributed by atoms with Gasteiger partial charge < -0.3 is 4.90 Å². The molecule has 1 rings (SSSR count). The van der Waals surface area contributed by atoms with Crippen molar-refractivity contribution in [3.63, 3.8) is 0 Å². The molecule has 0 aromatic carbocycles. The van der Waals surface area contributed by atoms with Gasteiger partial charge in [0.25, 0.3) is 0 Å². The smallest absolute Gasteiger partial charge is 0.00895 e. The molecule has 1 nitrogen and oxygen atoms in total. The Bertz CT molecular complexity index is 101. The van der Waals surface area contributed by atoms with E-state index >= 15 is 0 Å².